The molecular formula is C21H31N2O+. The highest BCUT2D eigenvalue weighted by Crippen LogP contribution is 2.15. The molecule has 3 heteroatoms. The first kappa shape index (κ1) is 17.2. The molecule has 2 atom stereocenters. The van der Waals surface area contributed by atoms with Crippen molar-refractivity contribution in [3.63, 3.8) is 0 Å². The maximum atomic E-state index is 13.1. The fraction of sp³-hybridized carbons (Fsp3) is 0.571. The second kappa shape index (κ2) is 7.52. The minimum atomic E-state index is 0.241. The Morgan fingerprint density at radius 2 is 2.17 bits per heavy atom. The molecule has 1 aromatic heterocycles. The summed E-state index contributed by atoms with van der Waals surface area (Å²) in [7, 11) is 0. The van der Waals surface area contributed by atoms with Gasteiger partial charge in [0.2, 0.25) is 0 Å². The number of quaternary nitrogens is 1. The lowest BCUT2D eigenvalue weighted by Gasteiger charge is -2.28. The second-order valence-corrected chi connectivity index (χ2v) is 7.67. The molecule has 2 N–H and O–H groups in total. The van der Waals surface area contributed by atoms with Gasteiger partial charge in [-0.05, 0) is 50.3 Å². The summed E-state index contributed by atoms with van der Waals surface area (Å²) in [4.78, 5) is 18.1. The van der Waals surface area contributed by atoms with Crippen molar-refractivity contribution >= 4 is 10.9 Å². The number of hydrogen-bond acceptors (Lipinski definition) is 1. The van der Waals surface area contributed by atoms with Crippen LogP contribution in [-0.2, 0) is 13.0 Å². The number of nitrogens with one attached hydrogen (secondary N) is 2. The largest absolute Gasteiger partial charge is 0.358 e. The van der Waals surface area contributed by atoms with Crippen LogP contribution < -0.4 is 10.3 Å². The molecule has 0 saturated carbocycles. The summed E-state index contributed by atoms with van der Waals surface area (Å²) < 4.78 is 0. The molecule has 0 spiro atoms. The maximum absolute atomic E-state index is 13.1. The van der Waals surface area contributed by atoms with Crippen LogP contribution in [0.1, 0.15) is 56.4 Å². The number of benzene rings is 1. The quantitative estimate of drug-likeness (QED) is 0.870. The van der Waals surface area contributed by atoms with E-state index in [1.54, 1.807) is 4.90 Å². The van der Waals surface area contributed by atoms with Crippen LogP contribution in [0.4, 0.5) is 0 Å². The van der Waals surface area contributed by atoms with E-state index < -0.39 is 0 Å². The van der Waals surface area contributed by atoms with E-state index in [4.69, 9.17) is 0 Å². The van der Waals surface area contributed by atoms with Gasteiger partial charge in [0.15, 0.2) is 5.43 Å². The first-order valence-corrected chi connectivity index (χ1v) is 9.56. The number of fused-ring (bicyclic) bond motifs is 1. The number of aromatic nitrogens is 1. The Morgan fingerprint density at radius 1 is 1.33 bits per heavy atom. The molecule has 0 bridgehead atoms. The van der Waals surface area contributed by atoms with Crippen molar-refractivity contribution < 1.29 is 4.90 Å². The standard InChI is InChI=1S/C21H30N2O/c1-4-5-8-17-9-10-20-18(12-17)21(24)19(16(3)22-20)14-23-11-6-7-15(2)13-23/h9-10,12,15H,4-8,11,13-14H2,1-3H3,(H,22,24)/p+1/t15-/m0/s1. The molecule has 0 aliphatic carbocycles. The van der Waals surface area contributed by atoms with E-state index in [1.807, 2.05) is 6.92 Å². The first-order chi connectivity index (χ1) is 11.6. The summed E-state index contributed by atoms with van der Waals surface area (Å²) in [6.07, 6.45) is 6.03. The minimum Gasteiger partial charge on any atom is -0.358 e. The van der Waals surface area contributed by atoms with Gasteiger partial charge in [-0.15, -0.1) is 0 Å². The summed E-state index contributed by atoms with van der Waals surface area (Å²) in [5.74, 6) is 0.772. The molecule has 3 rings (SSSR count). The van der Waals surface area contributed by atoms with Crippen LogP contribution in [0.25, 0.3) is 10.9 Å². The highest BCUT2D eigenvalue weighted by atomic mass is 16.1. The van der Waals surface area contributed by atoms with Gasteiger partial charge < -0.3 is 9.88 Å². The normalized spacial score (nSPS) is 21.3. The molecule has 0 radical (unpaired) electrons. The highest BCUT2D eigenvalue weighted by molar-refractivity contribution is 5.80. The molecule has 2 heterocycles. The van der Waals surface area contributed by atoms with Gasteiger partial charge >= 0.3 is 0 Å². The van der Waals surface area contributed by atoms with Crippen molar-refractivity contribution in [3.8, 4) is 0 Å². The van der Waals surface area contributed by atoms with Crippen molar-refractivity contribution in [2.75, 3.05) is 13.1 Å². The fourth-order valence-corrected chi connectivity index (χ4v) is 4.06. The van der Waals surface area contributed by atoms with Gasteiger partial charge in [0, 0.05) is 22.5 Å². The van der Waals surface area contributed by atoms with Crippen LogP contribution in [0.2, 0.25) is 0 Å². The third-order valence-corrected chi connectivity index (χ3v) is 5.49. The SMILES string of the molecule is CCCCc1ccc2[nH]c(C)c(C[NH+]3CCC[C@H](C)C3)c(=O)c2c1. The third kappa shape index (κ3) is 3.72. The number of aromatic amines is 1. The molecule has 0 amide bonds. The summed E-state index contributed by atoms with van der Waals surface area (Å²) in [6, 6.07) is 6.35. The molecule has 130 valence electrons. The third-order valence-electron chi connectivity index (χ3n) is 5.49. The second-order valence-electron chi connectivity index (χ2n) is 7.67. The maximum Gasteiger partial charge on any atom is 0.198 e. The van der Waals surface area contributed by atoms with Crippen molar-refractivity contribution in [2.24, 2.45) is 5.92 Å². The first-order valence-electron chi connectivity index (χ1n) is 9.56. The Balaban J connectivity index is 1.93. The Morgan fingerprint density at radius 3 is 2.92 bits per heavy atom. The Kier molecular flexibility index (Phi) is 5.40. The summed E-state index contributed by atoms with van der Waals surface area (Å²) in [6.45, 7) is 9.83. The Bertz CT molecular complexity index is 762. The molecule has 1 fully saturated rings. The van der Waals surface area contributed by atoms with Crippen LogP contribution in [0.3, 0.4) is 0 Å². The number of pyridine rings is 1. The Hall–Kier alpha value is -1.61. The zero-order chi connectivity index (χ0) is 17.1. The van der Waals surface area contributed by atoms with E-state index in [1.165, 1.54) is 44.3 Å². The molecule has 1 aromatic carbocycles. The summed E-state index contributed by atoms with van der Waals surface area (Å²) in [5, 5.41) is 0.869. The average Bonchev–Trinajstić information content (AvgIpc) is 2.57. The number of unbranched alkanes of at least 4 members (excludes halogenated alkanes) is 1. The van der Waals surface area contributed by atoms with Crippen molar-refractivity contribution in [1.29, 1.82) is 0 Å². The number of aryl methyl sites for hydroxylation is 2. The molecule has 3 nitrogen and oxygen atoms in total. The van der Waals surface area contributed by atoms with Crippen molar-refractivity contribution in [1.82, 2.24) is 4.98 Å². The number of H-pyrrole nitrogens is 1. The molecule has 1 saturated heterocycles. The smallest absolute Gasteiger partial charge is 0.198 e. The fourth-order valence-electron chi connectivity index (χ4n) is 4.06. The van der Waals surface area contributed by atoms with Crippen LogP contribution in [0.15, 0.2) is 23.0 Å². The molecule has 1 aliphatic heterocycles. The van der Waals surface area contributed by atoms with Gasteiger partial charge in [0.1, 0.15) is 6.54 Å². The van der Waals surface area contributed by atoms with Gasteiger partial charge in [-0.25, -0.2) is 0 Å². The van der Waals surface area contributed by atoms with Gasteiger partial charge in [-0.3, -0.25) is 4.79 Å². The van der Waals surface area contributed by atoms with E-state index in [0.717, 1.165) is 41.0 Å². The lowest BCUT2D eigenvalue weighted by molar-refractivity contribution is -0.922. The molecule has 1 unspecified atom stereocenters. The van der Waals surface area contributed by atoms with Gasteiger partial charge in [-0.1, -0.05) is 26.3 Å². The van der Waals surface area contributed by atoms with Crippen molar-refractivity contribution in [2.45, 2.75) is 59.4 Å². The topological polar surface area (TPSA) is 37.3 Å². The van der Waals surface area contributed by atoms with E-state index in [0.29, 0.717) is 0 Å². The Labute approximate surface area is 145 Å². The van der Waals surface area contributed by atoms with E-state index in [-0.39, 0.29) is 5.43 Å². The number of hydrogen-bond donors (Lipinski definition) is 2. The van der Waals surface area contributed by atoms with Gasteiger partial charge in [-0.2, -0.15) is 0 Å². The summed E-state index contributed by atoms with van der Waals surface area (Å²) in [5.41, 5.74) is 4.52. The predicted octanol–water partition coefficient (Wildman–Crippen LogP) is 2.99. The van der Waals surface area contributed by atoms with Crippen LogP contribution in [-0.4, -0.2) is 18.1 Å². The number of likely N-dealkylation sites (tertiary alicyclic amines) is 1. The monoisotopic (exact) mass is 327 g/mol. The van der Waals surface area contributed by atoms with Crippen molar-refractivity contribution in [3.05, 3.63) is 45.2 Å². The number of rotatable bonds is 5. The molecule has 1 aliphatic rings. The minimum absolute atomic E-state index is 0.241. The summed E-state index contributed by atoms with van der Waals surface area (Å²) >= 11 is 0. The van der Waals surface area contributed by atoms with Crippen LogP contribution >= 0.6 is 0 Å². The van der Waals surface area contributed by atoms with Crippen LogP contribution in [0, 0.1) is 12.8 Å². The zero-order valence-corrected chi connectivity index (χ0v) is 15.4. The molecule has 2 aromatic rings. The van der Waals surface area contributed by atoms with Gasteiger partial charge in [0.25, 0.3) is 0 Å². The van der Waals surface area contributed by atoms with E-state index in [2.05, 4.69) is 37.0 Å². The highest BCUT2D eigenvalue weighted by Gasteiger charge is 2.22. The number of piperidine rings is 1. The predicted molar refractivity (Wildman–Crippen MR) is 101 cm³/mol. The van der Waals surface area contributed by atoms with Crippen LogP contribution in [0.5, 0.6) is 0 Å². The molecular weight excluding hydrogens is 296 g/mol. The van der Waals surface area contributed by atoms with E-state index >= 15 is 0 Å². The lowest BCUT2D eigenvalue weighted by Crippen LogP contribution is -3.12. The zero-order valence-electron chi connectivity index (χ0n) is 15.4. The lowest BCUT2D eigenvalue weighted by atomic mass is 9.99. The van der Waals surface area contributed by atoms with E-state index in [9.17, 15) is 4.79 Å². The molecule has 24 heavy (non-hydrogen) atoms. The van der Waals surface area contributed by atoms with Gasteiger partial charge in [0.05, 0.1) is 18.7 Å². The average molecular weight is 327 g/mol.